The SMILES string of the molecule is COc1ccc(CN(C[C@]2(O)CC[C@H]3[C@]45C=C[C@@]6(C=C4C(=O)c4ccco4)CC(O)CC[C@]6(C)[C@H]5CC[C@@]32C)C(=O)N[C@H](C)c2ccccc2)c(OC)c1. The minimum absolute atomic E-state index is 0.0687. The van der Waals surface area contributed by atoms with Gasteiger partial charge in [-0.25, -0.2) is 4.79 Å². The second-order valence-corrected chi connectivity index (χ2v) is 17.2. The predicted octanol–water partition coefficient (Wildman–Crippen LogP) is 8.04. The number of allylic oxidation sites excluding steroid dienone is 4. The number of hydrogen-bond donors (Lipinski definition) is 3. The Morgan fingerprint density at radius 3 is 2.41 bits per heavy atom. The maximum absolute atomic E-state index is 14.6. The normalized spacial score (nSPS) is 35.2. The third kappa shape index (κ3) is 5.32. The number of nitrogens with one attached hydrogen (secondary N) is 1. The number of rotatable bonds is 10. The molecule has 2 spiro atoms. The van der Waals surface area contributed by atoms with Crippen molar-refractivity contribution in [1.29, 1.82) is 0 Å². The van der Waals surface area contributed by atoms with Gasteiger partial charge < -0.3 is 34.3 Å². The Morgan fingerprint density at radius 1 is 0.944 bits per heavy atom. The summed E-state index contributed by atoms with van der Waals surface area (Å²) in [5, 5.41) is 27.4. The van der Waals surface area contributed by atoms with Crippen molar-refractivity contribution in [3.05, 3.63) is 108 Å². The Labute approximate surface area is 318 Å². The van der Waals surface area contributed by atoms with Gasteiger partial charge in [0.2, 0.25) is 5.78 Å². The number of methoxy groups -OCH3 is 2. The van der Waals surface area contributed by atoms with E-state index in [1.54, 1.807) is 37.5 Å². The monoisotopic (exact) mass is 734 g/mol. The number of furan rings is 1. The number of hydrogen-bond acceptors (Lipinski definition) is 7. The van der Waals surface area contributed by atoms with Crippen LogP contribution in [0.4, 0.5) is 4.79 Å². The molecule has 6 aliphatic rings. The third-order valence-corrected chi connectivity index (χ3v) is 14.9. The molecule has 2 amide bonds. The first-order valence-corrected chi connectivity index (χ1v) is 19.6. The smallest absolute Gasteiger partial charge is 0.318 e. The number of benzene rings is 2. The highest BCUT2D eigenvalue weighted by atomic mass is 16.5. The third-order valence-electron chi connectivity index (χ3n) is 14.9. The lowest BCUT2D eigenvalue weighted by atomic mass is 9.32. The average molecular weight is 735 g/mol. The van der Waals surface area contributed by atoms with E-state index in [9.17, 15) is 19.8 Å². The number of fused-ring (bicyclic) bond motifs is 1. The van der Waals surface area contributed by atoms with Crippen molar-refractivity contribution >= 4 is 11.8 Å². The van der Waals surface area contributed by atoms with Crippen LogP contribution in [0.15, 0.2) is 95.1 Å². The molecule has 1 unspecified atom stereocenters. The summed E-state index contributed by atoms with van der Waals surface area (Å²) in [6, 6.07) is 18.4. The summed E-state index contributed by atoms with van der Waals surface area (Å²) in [5.74, 6) is 1.53. The van der Waals surface area contributed by atoms with Crippen molar-refractivity contribution < 1.29 is 33.7 Å². The molecule has 3 aromatic rings. The summed E-state index contributed by atoms with van der Waals surface area (Å²) >= 11 is 0. The molecular weight excluding hydrogens is 681 g/mol. The van der Waals surface area contributed by atoms with Crippen LogP contribution in [0, 0.1) is 33.5 Å². The summed E-state index contributed by atoms with van der Waals surface area (Å²) in [7, 11) is 3.21. The van der Waals surface area contributed by atoms with Gasteiger partial charge in [0.15, 0.2) is 5.76 Å². The molecule has 3 N–H and O–H groups in total. The molecule has 0 radical (unpaired) electrons. The minimum atomic E-state index is -1.26. The fraction of sp³-hybridized carbons (Fsp3) is 0.511. The number of carbonyl (C=O) groups is 2. The van der Waals surface area contributed by atoms with E-state index in [0.29, 0.717) is 36.5 Å². The van der Waals surface area contributed by atoms with Gasteiger partial charge in [-0.1, -0.05) is 62.4 Å². The van der Waals surface area contributed by atoms with E-state index >= 15 is 0 Å². The highest BCUT2D eigenvalue weighted by Gasteiger charge is 2.74. The van der Waals surface area contributed by atoms with E-state index in [4.69, 9.17) is 13.9 Å². The van der Waals surface area contributed by atoms with E-state index in [1.165, 1.54) is 0 Å². The summed E-state index contributed by atoms with van der Waals surface area (Å²) in [6.07, 6.45) is 12.9. The molecule has 2 bridgehead atoms. The van der Waals surface area contributed by atoms with Gasteiger partial charge >= 0.3 is 6.03 Å². The molecule has 3 saturated carbocycles. The molecule has 286 valence electrons. The topological polar surface area (TPSA) is 121 Å². The Balaban J connectivity index is 1.18. The maximum Gasteiger partial charge on any atom is 0.318 e. The largest absolute Gasteiger partial charge is 0.497 e. The number of aliphatic hydroxyl groups excluding tert-OH is 1. The zero-order valence-corrected chi connectivity index (χ0v) is 32.1. The van der Waals surface area contributed by atoms with Crippen molar-refractivity contribution in [2.45, 2.75) is 90.0 Å². The number of ether oxygens (including phenoxy) is 2. The van der Waals surface area contributed by atoms with Gasteiger partial charge in [0.1, 0.15) is 11.5 Å². The van der Waals surface area contributed by atoms with Gasteiger partial charge in [-0.15, -0.1) is 0 Å². The number of amides is 2. The Hall–Kier alpha value is -4.34. The van der Waals surface area contributed by atoms with Crippen molar-refractivity contribution in [2.24, 2.45) is 33.5 Å². The van der Waals surface area contributed by atoms with Crippen LogP contribution >= 0.6 is 0 Å². The lowest BCUT2D eigenvalue weighted by molar-refractivity contribution is -0.175. The number of Topliss-reactive ketones (excluding diaryl/α,β-unsaturated/α-hetero) is 1. The molecule has 1 aromatic heterocycles. The van der Waals surface area contributed by atoms with Gasteiger partial charge in [-0.3, -0.25) is 4.79 Å². The number of carbonyl (C=O) groups excluding carboxylic acids is 2. The van der Waals surface area contributed by atoms with Crippen molar-refractivity contribution in [3.8, 4) is 11.5 Å². The first kappa shape index (κ1) is 36.6. The average Bonchev–Trinajstić information content (AvgIpc) is 3.81. The lowest BCUT2D eigenvalue weighted by Crippen LogP contribution is -2.67. The molecule has 0 saturated heterocycles. The molecule has 54 heavy (non-hydrogen) atoms. The molecule has 6 aliphatic carbocycles. The van der Waals surface area contributed by atoms with E-state index in [0.717, 1.165) is 42.4 Å². The van der Waals surface area contributed by atoms with Crippen molar-refractivity contribution in [3.63, 3.8) is 0 Å². The molecule has 2 aromatic carbocycles. The summed E-state index contributed by atoms with van der Waals surface area (Å²) in [5.41, 5.74) is -0.580. The van der Waals surface area contributed by atoms with E-state index in [-0.39, 0.29) is 48.2 Å². The number of nitrogens with zero attached hydrogens (tertiary/aromatic N) is 1. The quantitative estimate of drug-likeness (QED) is 0.142. The molecule has 9 atom stereocenters. The van der Waals surface area contributed by atoms with E-state index in [1.807, 2.05) is 55.5 Å². The fourth-order valence-electron chi connectivity index (χ4n) is 11.9. The molecule has 9 rings (SSSR count). The summed E-state index contributed by atoms with van der Waals surface area (Å²) in [6.45, 7) is 6.85. The minimum Gasteiger partial charge on any atom is -0.497 e. The van der Waals surface area contributed by atoms with Crippen LogP contribution in [-0.2, 0) is 6.54 Å². The van der Waals surface area contributed by atoms with Crippen LogP contribution in [0.2, 0.25) is 0 Å². The number of urea groups is 1. The van der Waals surface area contributed by atoms with E-state index < -0.39 is 27.9 Å². The Kier molecular flexibility index (Phi) is 8.92. The molecule has 9 nitrogen and oxygen atoms in total. The van der Waals surface area contributed by atoms with Gasteiger partial charge in [-0.2, -0.15) is 0 Å². The molecular formula is C45H54N2O7. The van der Waals surface area contributed by atoms with Crippen LogP contribution in [0.1, 0.15) is 93.4 Å². The lowest BCUT2D eigenvalue weighted by Gasteiger charge is -2.71. The first-order chi connectivity index (χ1) is 25.8. The van der Waals surface area contributed by atoms with Gasteiger partial charge in [0.05, 0.1) is 51.3 Å². The zero-order valence-electron chi connectivity index (χ0n) is 32.1. The number of aliphatic hydroxyl groups is 2. The molecule has 1 heterocycles. The van der Waals surface area contributed by atoms with Gasteiger partial charge in [0, 0.05) is 33.4 Å². The molecule has 0 aliphatic heterocycles. The van der Waals surface area contributed by atoms with Gasteiger partial charge in [-0.05, 0) is 98.9 Å². The Morgan fingerprint density at radius 2 is 1.69 bits per heavy atom. The van der Waals surface area contributed by atoms with Crippen LogP contribution in [0.3, 0.4) is 0 Å². The van der Waals surface area contributed by atoms with Crippen LogP contribution in [0.5, 0.6) is 11.5 Å². The van der Waals surface area contributed by atoms with Crippen LogP contribution in [0.25, 0.3) is 0 Å². The second kappa shape index (κ2) is 13.2. The number of ketones is 1. The van der Waals surface area contributed by atoms with Gasteiger partial charge in [0.25, 0.3) is 0 Å². The van der Waals surface area contributed by atoms with Crippen molar-refractivity contribution in [1.82, 2.24) is 10.2 Å². The molecule has 3 fully saturated rings. The fourth-order valence-corrected chi connectivity index (χ4v) is 11.9. The molecule has 9 heteroatoms. The maximum atomic E-state index is 14.6. The Bertz CT molecular complexity index is 1980. The van der Waals surface area contributed by atoms with Crippen LogP contribution in [-0.4, -0.2) is 59.4 Å². The summed E-state index contributed by atoms with van der Waals surface area (Å²) < 4.78 is 17.0. The van der Waals surface area contributed by atoms with E-state index in [2.05, 4.69) is 37.4 Å². The second-order valence-electron chi connectivity index (χ2n) is 17.2. The predicted molar refractivity (Wildman–Crippen MR) is 205 cm³/mol. The zero-order chi connectivity index (χ0) is 38.1. The summed E-state index contributed by atoms with van der Waals surface area (Å²) in [4.78, 5) is 30.8. The first-order valence-electron chi connectivity index (χ1n) is 19.6. The van der Waals surface area contributed by atoms with Crippen molar-refractivity contribution in [2.75, 3.05) is 20.8 Å². The highest BCUT2D eigenvalue weighted by Crippen LogP contribution is 2.78. The standard InChI is InChI=1S/C45H54N2O7/c1-29(30-10-7-6-8-11-30)46-40(50)47(27-31-13-14-33(52-4)24-36(31)53-5)28-44(51)20-17-38-42(44,3)19-16-37-41(2)18-15-32(48)25-43(41)21-22-45(37,38)34(26-43)39(49)35-12-9-23-54-35/h6-14,21-24,26,29,32,37-38,48,51H,15-20,25,27-28H2,1-5H3,(H,46,50)/t29-,32?,37-,38-,41-,42+,43+,44-,45-/m1/s1. The highest BCUT2D eigenvalue weighted by molar-refractivity contribution is 6.08. The van der Waals surface area contributed by atoms with Crippen LogP contribution < -0.4 is 14.8 Å².